The van der Waals surface area contributed by atoms with Crippen LogP contribution in [0.3, 0.4) is 0 Å². The van der Waals surface area contributed by atoms with E-state index in [4.69, 9.17) is 9.15 Å². The average Bonchev–Trinajstić information content (AvgIpc) is 2.79. The van der Waals surface area contributed by atoms with Gasteiger partial charge in [-0.1, -0.05) is 0 Å². The van der Waals surface area contributed by atoms with Gasteiger partial charge in [-0.15, -0.1) is 0 Å². The molecule has 1 aliphatic heterocycles. The SMILES string of the molecule is CN(C)C(=O)c1ccc(CN2CCOCS2(=O)=O)o1. The van der Waals surface area contributed by atoms with Gasteiger partial charge in [-0.25, -0.2) is 8.42 Å². The first-order chi connectivity index (χ1) is 8.90. The first kappa shape index (κ1) is 14.0. The predicted molar refractivity (Wildman–Crippen MR) is 66.9 cm³/mol. The zero-order valence-electron chi connectivity index (χ0n) is 10.8. The molecule has 1 amide bonds. The first-order valence-corrected chi connectivity index (χ1v) is 7.37. The number of rotatable bonds is 3. The number of furan rings is 1. The van der Waals surface area contributed by atoms with E-state index >= 15 is 0 Å². The number of sulfonamides is 1. The highest BCUT2D eigenvalue weighted by Crippen LogP contribution is 2.16. The second-order valence-corrected chi connectivity index (χ2v) is 6.35. The van der Waals surface area contributed by atoms with Gasteiger partial charge in [-0.2, -0.15) is 4.31 Å². The summed E-state index contributed by atoms with van der Waals surface area (Å²) in [6, 6.07) is 3.16. The Morgan fingerprint density at radius 2 is 2.16 bits per heavy atom. The van der Waals surface area contributed by atoms with E-state index in [1.54, 1.807) is 26.2 Å². The van der Waals surface area contributed by atoms with E-state index in [9.17, 15) is 13.2 Å². The highest BCUT2D eigenvalue weighted by Gasteiger charge is 2.27. The summed E-state index contributed by atoms with van der Waals surface area (Å²) in [6.07, 6.45) is 0. The largest absolute Gasteiger partial charge is 0.455 e. The molecule has 1 saturated heterocycles. The normalized spacial score (nSPS) is 19.3. The molecule has 0 aromatic carbocycles. The summed E-state index contributed by atoms with van der Waals surface area (Å²) in [5.41, 5.74) is 0. The van der Waals surface area contributed by atoms with Gasteiger partial charge < -0.3 is 14.1 Å². The summed E-state index contributed by atoms with van der Waals surface area (Å²) in [4.78, 5) is 13.1. The molecule has 1 fully saturated rings. The van der Waals surface area contributed by atoms with Crippen LogP contribution in [0.2, 0.25) is 0 Å². The Morgan fingerprint density at radius 1 is 1.42 bits per heavy atom. The molecule has 0 unspecified atom stereocenters. The molecular weight excluding hydrogens is 272 g/mol. The lowest BCUT2D eigenvalue weighted by atomic mass is 10.4. The fourth-order valence-electron chi connectivity index (χ4n) is 1.69. The Balaban J connectivity index is 2.10. The smallest absolute Gasteiger partial charge is 0.289 e. The Kier molecular flexibility index (Phi) is 3.93. The Morgan fingerprint density at radius 3 is 2.79 bits per heavy atom. The van der Waals surface area contributed by atoms with E-state index in [0.717, 1.165) is 0 Å². The fraction of sp³-hybridized carbons (Fsp3) is 0.545. The molecule has 1 aromatic heterocycles. The fourth-order valence-corrected chi connectivity index (χ4v) is 2.85. The number of carbonyl (C=O) groups is 1. The summed E-state index contributed by atoms with van der Waals surface area (Å²) in [6.45, 7) is 0.774. The molecule has 8 heteroatoms. The van der Waals surface area contributed by atoms with Crippen molar-refractivity contribution in [2.75, 3.05) is 33.2 Å². The summed E-state index contributed by atoms with van der Waals surface area (Å²) in [5, 5.41) is 0. The number of amides is 1. The lowest BCUT2D eigenvalue weighted by Gasteiger charge is -2.25. The van der Waals surface area contributed by atoms with Crippen LogP contribution in [-0.4, -0.2) is 56.7 Å². The van der Waals surface area contributed by atoms with E-state index in [2.05, 4.69) is 0 Å². The molecular formula is C11H16N2O5S. The zero-order chi connectivity index (χ0) is 14.0. The number of ether oxygens (including phenoxy) is 1. The van der Waals surface area contributed by atoms with Gasteiger partial charge in [0.1, 0.15) is 5.76 Å². The first-order valence-electron chi connectivity index (χ1n) is 5.76. The third-order valence-corrected chi connectivity index (χ3v) is 4.28. The number of carbonyl (C=O) groups excluding carboxylic acids is 1. The molecule has 1 aliphatic rings. The van der Waals surface area contributed by atoms with Gasteiger partial charge in [0.15, 0.2) is 11.7 Å². The van der Waals surface area contributed by atoms with Crippen LogP contribution >= 0.6 is 0 Å². The van der Waals surface area contributed by atoms with Crippen molar-refractivity contribution in [3.63, 3.8) is 0 Å². The van der Waals surface area contributed by atoms with Crippen molar-refractivity contribution in [3.8, 4) is 0 Å². The molecule has 2 rings (SSSR count). The maximum Gasteiger partial charge on any atom is 0.289 e. The van der Waals surface area contributed by atoms with Crippen LogP contribution in [0.25, 0.3) is 0 Å². The Labute approximate surface area is 111 Å². The van der Waals surface area contributed by atoms with Crippen LogP contribution in [0.4, 0.5) is 0 Å². The van der Waals surface area contributed by atoms with Gasteiger partial charge in [0.2, 0.25) is 10.0 Å². The summed E-state index contributed by atoms with van der Waals surface area (Å²) in [5.74, 6) is 0.0782. The van der Waals surface area contributed by atoms with Gasteiger partial charge >= 0.3 is 0 Å². The quantitative estimate of drug-likeness (QED) is 0.788. The lowest BCUT2D eigenvalue weighted by molar-refractivity contribution is 0.0792. The van der Waals surface area contributed by atoms with Gasteiger partial charge in [0, 0.05) is 20.6 Å². The molecule has 2 heterocycles. The number of hydrogen-bond donors (Lipinski definition) is 0. The maximum absolute atomic E-state index is 11.7. The van der Waals surface area contributed by atoms with Crippen molar-refractivity contribution in [2.45, 2.75) is 6.54 Å². The van der Waals surface area contributed by atoms with Gasteiger partial charge in [0.25, 0.3) is 5.91 Å². The molecule has 0 saturated carbocycles. The minimum absolute atomic E-state index is 0.117. The van der Waals surface area contributed by atoms with Crippen molar-refractivity contribution in [1.82, 2.24) is 9.21 Å². The van der Waals surface area contributed by atoms with Crippen LogP contribution in [0, 0.1) is 0 Å². The van der Waals surface area contributed by atoms with Gasteiger partial charge in [-0.3, -0.25) is 4.79 Å². The van der Waals surface area contributed by atoms with E-state index in [1.165, 1.54) is 9.21 Å². The van der Waals surface area contributed by atoms with Gasteiger partial charge in [0.05, 0.1) is 13.2 Å². The molecule has 0 bridgehead atoms. The monoisotopic (exact) mass is 288 g/mol. The summed E-state index contributed by atoms with van der Waals surface area (Å²) >= 11 is 0. The van der Waals surface area contributed by atoms with Crippen molar-refractivity contribution in [2.24, 2.45) is 0 Å². The third kappa shape index (κ3) is 3.14. The number of nitrogens with zero attached hydrogens (tertiary/aromatic N) is 2. The molecule has 0 aliphatic carbocycles. The lowest BCUT2D eigenvalue weighted by Crippen LogP contribution is -2.40. The molecule has 0 N–H and O–H groups in total. The molecule has 7 nitrogen and oxygen atoms in total. The van der Waals surface area contributed by atoms with E-state index in [1.807, 2.05) is 0 Å². The van der Waals surface area contributed by atoms with Crippen LogP contribution in [0.1, 0.15) is 16.3 Å². The van der Waals surface area contributed by atoms with Crippen LogP contribution in [0.15, 0.2) is 16.5 Å². The highest BCUT2D eigenvalue weighted by atomic mass is 32.2. The van der Waals surface area contributed by atoms with Crippen LogP contribution in [0.5, 0.6) is 0 Å². The zero-order valence-corrected chi connectivity index (χ0v) is 11.6. The molecule has 1 aromatic rings. The second-order valence-electron chi connectivity index (χ2n) is 4.44. The van der Waals surface area contributed by atoms with Gasteiger partial charge in [-0.05, 0) is 12.1 Å². The van der Waals surface area contributed by atoms with Crippen LogP contribution in [-0.2, 0) is 21.3 Å². The molecule has 0 radical (unpaired) electrons. The van der Waals surface area contributed by atoms with E-state index < -0.39 is 10.0 Å². The third-order valence-electron chi connectivity index (χ3n) is 2.72. The van der Waals surface area contributed by atoms with Crippen molar-refractivity contribution >= 4 is 15.9 Å². The predicted octanol–water partition coefficient (Wildman–Crippen LogP) is 0.101. The summed E-state index contributed by atoms with van der Waals surface area (Å²) in [7, 11) is -0.149. The average molecular weight is 288 g/mol. The Hall–Kier alpha value is -1.38. The van der Waals surface area contributed by atoms with Crippen LogP contribution < -0.4 is 0 Å². The molecule has 19 heavy (non-hydrogen) atoms. The van der Waals surface area contributed by atoms with E-state index in [-0.39, 0.29) is 24.2 Å². The molecule has 0 spiro atoms. The minimum atomic E-state index is -3.39. The number of hydrogen-bond acceptors (Lipinski definition) is 5. The minimum Gasteiger partial charge on any atom is -0.455 e. The summed E-state index contributed by atoms with van der Waals surface area (Å²) < 4.78 is 35.0. The van der Waals surface area contributed by atoms with Crippen molar-refractivity contribution in [1.29, 1.82) is 0 Å². The van der Waals surface area contributed by atoms with Crippen molar-refractivity contribution < 1.29 is 22.4 Å². The Bertz CT molecular complexity index is 563. The highest BCUT2D eigenvalue weighted by molar-refractivity contribution is 7.88. The topological polar surface area (TPSA) is 80.1 Å². The maximum atomic E-state index is 11.7. The van der Waals surface area contributed by atoms with Crippen molar-refractivity contribution in [3.05, 3.63) is 23.7 Å². The van der Waals surface area contributed by atoms with E-state index in [0.29, 0.717) is 18.9 Å². The molecule has 0 atom stereocenters. The standard InChI is InChI=1S/C11H16N2O5S/c1-12(2)11(14)10-4-3-9(18-10)7-13-5-6-17-8-19(13,15)16/h3-4H,5-8H2,1-2H3. The second kappa shape index (κ2) is 5.32. The molecule has 106 valence electrons.